The average molecular weight is 554 g/mol. The molecule has 0 saturated carbocycles. The molecule has 3 aliphatic rings. The second-order valence-corrected chi connectivity index (χ2v) is 12.2. The van der Waals surface area contributed by atoms with E-state index in [0.717, 1.165) is 49.9 Å². The lowest BCUT2D eigenvalue weighted by molar-refractivity contribution is 0.133. The highest BCUT2D eigenvalue weighted by molar-refractivity contribution is 6.30. The number of epoxide rings is 1. The van der Waals surface area contributed by atoms with Gasteiger partial charge in [0.25, 0.3) is 0 Å². The van der Waals surface area contributed by atoms with Crippen molar-refractivity contribution in [2.45, 2.75) is 44.9 Å². The average Bonchev–Trinajstić information content (AvgIpc) is 3.66. The fourth-order valence-electron chi connectivity index (χ4n) is 6.18. The Hall–Kier alpha value is -2.38. The summed E-state index contributed by atoms with van der Waals surface area (Å²) < 4.78 is 12.6. The van der Waals surface area contributed by atoms with Crippen LogP contribution in [0.3, 0.4) is 0 Å². The van der Waals surface area contributed by atoms with Crippen molar-refractivity contribution in [3.63, 3.8) is 0 Å². The van der Waals surface area contributed by atoms with Crippen LogP contribution in [0.5, 0.6) is 5.88 Å². The summed E-state index contributed by atoms with van der Waals surface area (Å²) >= 11 is 12.2. The predicted molar refractivity (Wildman–Crippen MR) is 151 cm³/mol. The highest BCUT2D eigenvalue weighted by atomic mass is 35.5. The summed E-state index contributed by atoms with van der Waals surface area (Å²) in [5.41, 5.74) is 2.37. The van der Waals surface area contributed by atoms with E-state index in [0.29, 0.717) is 35.4 Å². The summed E-state index contributed by atoms with van der Waals surface area (Å²) in [5, 5.41) is 1.36. The van der Waals surface area contributed by atoms with Crippen LogP contribution in [0.2, 0.25) is 10.0 Å². The van der Waals surface area contributed by atoms with Gasteiger partial charge in [0.2, 0.25) is 5.88 Å². The molecule has 1 aromatic carbocycles. The van der Waals surface area contributed by atoms with Crippen molar-refractivity contribution in [1.82, 2.24) is 14.9 Å². The van der Waals surface area contributed by atoms with Crippen LogP contribution >= 0.6 is 23.2 Å². The van der Waals surface area contributed by atoms with E-state index in [-0.39, 0.29) is 11.6 Å². The minimum atomic E-state index is -0.105. The van der Waals surface area contributed by atoms with E-state index < -0.39 is 0 Å². The van der Waals surface area contributed by atoms with Gasteiger partial charge in [0.05, 0.1) is 11.6 Å². The molecule has 0 aliphatic carbocycles. The summed E-state index contributed by atoms with van der Waals surface area (Å²) in [6.07, 6.45) is 6.32. The Bertz CT molecular complexity index is 1230. The third-order valence-corrected chi connectivity index (χ3v) is 8.91. The van der Waals surface area contributed by atoms with Crippen LogP contribution in [0.1, 0.15) is 36.8 Å². The molecule has 0 N–H and O–H groups in total. The fourth-order valence-corrected chi connectivity index (χ4v) is 6.42. The van der Waals surface area contributed by atoms with Gasteiger partial charge in [-0.2, -0.15) is 0 Å². The van der Waals surface area contributed by atoms with Crippen molar-refractivity contribution in [2.24, 2.45) is 11.3 Å². The third-order valence-electron chi connectivity index (χ3n) is 8.43. The van der Waals surface area contributed by atoms with Crippen molar-refractivity contribution in [1.29, 1.82) is 0 Å². The molecule has 0 bridgehead atoms. The normalized spacial score (nSPS) is 28.0. The van der Waals surface area contributed by atoms with Crippen LogP contribution in [-0.2, 0) is 4.74 Å². The number of aryl methyl sites for hydroxylation is 1. The first kappa shape index (κ1) is 25.9. The minimum Gasteiger partial charge on any atom is -0.477 e. The van der Waals surface area contributed by atoms with E-state index in [2.05, 4.69) is 57.9 Å². The van der Waals surface area contributed by atoms with E-state index in [1.54, 1.807) is 6.20 Å². The number of rotatable bonds is 7. The Kier molecular flexibility index (Phi) is 7.25. The molecule has 6 nitrogen and oxygen atoms in total. The van der Waals surface area contributed by atoms with Gasteiger partial charge < -0.3 is 14.4 Å². The largest absolute Gasteiger partial charge is 0.477 e. The van der Waals surface area contributed by atoms with Crippen LogP contribution in [0, 0.1) is 18.3 Å². The first-order chi connectivity index (χ1) is 18.4. The zero-order valence-electron chi connectivity index (χ0n) is 21.9. The maximum absolute atomic E-state index is 6.37. The van der Waals surface area contributed by atoms with Gasteiger partial charge in [0.1, 0.15) is 18.1 Å². The molecule has 3 fully saturated rings. The van der Waals surface area contributed by atoms with E-state index >= 15 is 0 Å². The van der Waals surface area contributed by atoms with Gasteiger partial charge in [-0.05, 0) is 61.1 Å². The number of likely N-dealkylation sites (tertiary alicyclic amines) is 1. The van der Waals surface area contributed by atoms with Gasteiger partial charge in [-0.3, -0.25) is 4.90 Å². The SMILES string of the molecule is Cc1ccc(N2CCC(C3OC3N3C[C@H](c4ccc(Cl)cc4)[C@@](C)(COc4ccc(Cl)cn4)C3)CC2)nc1. The fraction of sp³-hybridized carbons (Fsp3) is 0.467. The van der Waals surface area contributed by atoms with E-state index in [1.165, 1.54) is 11.1 Å². The van der Waals surface area contributed by atoms with Crippen LogP contribution in [0.25, 0.3) is 0 Å². The number of piperidine rings is 1. The summed E-state index contributed by atoms with van der Waals surface area (Å²) in [7, 11) is 0. The Morgan fingerprint density at radius 2 is 1.74 bits per heavy atom. The van der Waals surface area contributed by atoms with Crippen molar-refractivity contribution in [3.8, 4) is 5.88 Å². The molecular formula is C30H34Cl2N4O2. The molecular weight excluding hydrogens is 519 g/mol. The molecule has 0 spiro atoms. The molecule has 4 atom stereocenters. The predicted octanol–water partition coefficient (Wildman–Crippen LogP) is 6.22. The second kappa shape index (κ2) is 10.6. The first-order valence-electron chi connectivity index (χ1n) is 13.4. The minimum absolute atomic E-state index is 0.105. The third kappa shape index (κ3) is 5.50. The second-order valence-electron chi connectivity index (χ2n) is 11.3. The summed E-state index contributed by atoms with van der Waals surface area (Å²) in [6.45, 7) is 8.84. The van der Waals surface area contributed by atoms with E-state index in [1.807, 2.05) is 30.5 Å². The van der Waals surface area contributed by atoms with Gasteiger partial charge in [0, 0.05) is 61.0 Å². The Morgan fingerprint density at radius 3 is 2.42 bits per heavy atom. The van der Waals surface area contributed by atoms with Crippen molar-refractivity contribution < 1.29 is 9.47 Å². The maximum atomic E-state index is 6.37. The van der Waals surface area contributed by atoms with Crippen molar-refractivity contribution in [3.05, 3.63) is 82.1 Å². The number of benzene rings is 1. The quantitative estimate of drug-likeness (QED) is 0.324. The number of hydrogen-bond acceptors (Lipinski definition) is 6. The monoisotopic (exact) mass is 552 g/mol. The molecule has 6 rings (SSSR count). The van der Waals surface area contributed by atoms with Gasteiger partial charge in [-0.15, -0.1) is 0 Å². The maximum Gasteiger partial charge on any atom is 0.213 e. The molecule has 2 aromatic heterocycles. The zero-order valence-corrected chi connectivity index (χ0v) is 23.4. The number of halogens is 2. The summed E-state index contributed by atoms with van der Waals surface area (Å²) in [5.74, 6) is 2.56. The van der Waals surface area contributed by atoms with Crippen molar-refractivity contribution in [2.75, 3.05) is 37.7 Å². The summed E-state index contributed by atoms with van der Waals surface area (Å²) in [6, 6.07) is 16.2. The Labute approximate surface area is 234 Å². The molecule has 38 heavy (non-hydrogen) atoms. The van der Waals surface area contributed by atoms with E-state index in [4.69, 9.17) is 32.7 Å². The molecule has 2 unspecified atom stereocenters. The van der Waals surface area contributed by atoms with Crippen LogP contribution < -0.4 is 9.64 Å². The molecule has 0 amide bonds. The number of pyridine rings is 2. The van der Waals surface area contributed by atoms with Crippen LogP contribution in [0.15, 0.2) is 60.9 Å². The summed E-state index contributed by atoms with van der Waals surface area (Å²) in [4.78, 5) is 13.9. The molecule has 3 saturated heterocycles. The lowest BCUT2D eigenvalue weighted by Crippen LogP contribution is -2.38. The zero-order chi connectivity index (χ0) is 26.3. The molecule has 3 aromatic rings. The van der Waals surface area contributed by atoms with Crippen molar-refractivity contribution >= 4 is 29.0 Å². The molecule has 8 heteroatoms. The van der Waals surface area contributed by atoms with Gasteiger partial charge in [0.15, 0.2) is 0 Å². The van der Waals surface area contributed by atoms with E-state index in [9.17, 15) is 0 Å². The molecule has 0 radical (unpaired) electrons. The van der Waals surface area contributed by atoms with Gasteiger partial charge in [-0.1, -0.05) is 48.3 Å². The standard InChI is InChI=1S/C30H34Cl2N4O2/c1-20-3-9-26(33-15-20)35-13-11-22(12-14-35)28-29(38-28)36-17-25(21-4-6-23(31)7-5-21)30(2,18-36)19-37-27-10-8-24(32)16-34-27/h3-10,15-16,22,25,28-29H,11-14,17-19H2,1-2H3/t25-,28?,29?,30-/m1/s1. The van der Waals surface area contributed by atoms with Crippen LogP contribution in [-0.4, -0.2) is 60.0 Å². The topological polar surface area (TPSA) is 54.0 Å². The number of anilines is 1. The molecule has 5 heterocycles. The number of hydrogen-bond donors (Lipinski definition) is 0. The van der Waals surface area contributed by atoms with Gasteiger partial charge in [-0.25, -0.2) is 9.97 Å². The lowest BCUT2D eigenvalue weighted by atomic mass is 9.77. The van der Waals surface area contributed by atoms with Crippen LogP contribution in [0.4, 0.5) is 5.82 Å². The smallest absolute Gasteiger partial charge is 0.213 e. The lowest BCUT2D eigenvalue weighted by Gasteiger charge is -2.32. The number of nitrogens with zero attached hydrogens (tertiary/aromatic N) is 4. The number of ether oxygens (including phenoxy) is 2. The molecule has 200 valence electrons. The highest BCUT2D eigenvalue weighted by Gasteiger charge is 2.55. The first-order valence-corrected chi connectivity index (χ1v) is 14.2. The highest BCUT2D eigenvalue weighted by Crippen LogP contribution is 2.48. The molecule has 3 aliphatic heterocycles. The number of aromatic nitrogens is 2. The van der Waals surface area contributed by atoms with Gasteiger partial charge >= 0.3 is 0 Å². The Balaban J connectivity index is 1.11. The Morgan fingerprint density at radius 1 is 0.974 bits per heavy atom.